The zero-order valence-corrected chi connectivity index (χ0v) is 22.7. The lowest BCUT2D eigenvalue weighted by molar-refractivity contribution is -0.111. The van der Waals surface area contributed by atoms with E-state index in [0.717, 1.165) is 42.6 Å². The number of nitrogens with one attached hydrogen (secondary N) is 2. The number of pyridine rings is 1. The van der Waals surface area contributed by atoms with Gasteiger partial charge in [0.25, 0.3) is 5.56 Å². The molecule has 208 valence electrons. The molecule has 0 aliphatic rings. The molecule has 40 heavy (non-hydrogen) atoms. The van der Waals surface area contributed by atoms with Gasteiger partial charge >= 0.3 is 0 Å². The molecule has 0 aliphatic carbocycles. The summed E-state index contributed by atoms with van der Waals surface area (Å²) in [6, 6.07) is 8.06. The normalized spacial score (nSPS) is 11.1. The first-order valence-electron chi connectivity index (χ1n) is 12.5. The van der Waals surface area contributed by atoms with Gasteiger partial charge in [-0.3, -0.25) is 14.2 Å². The van der Waals surface area contributed by atoms with E-state index in [9.17, 15) is 18.4 Å². The van der Waals surface area contributed by atoms with Crippen molar-refractivity contribution in [3.63, 3.8) is 0 Å². The van der Waals surface area contributed by atoms with Crippen LogP contribution in [0.2, 0.25) is 0 Å². The number of aryl methyl sites for hydroxylation is 3. The van der Waals surface area contributed by atoms with E-state index >= 15 is 0 Å². The minimum Gasteiger partial charge on any atom is -0.448 e. The number of benzene rings is 2. The number of amides is 1. The van der Waals surface area contributed by atoms with E-state index in [2.05, 4.69) is 32.1 Å². The van der Waals surface area contributed by atoms with E-state index in [1.165, 1.54) is 30.0 Å². The molecule has 2 heterocycles. The molecule has 4 aromatic rings. The third-order valence-corrected chi connectivity index (χ3v) is 6.22. The SMILES string of the molecule is C=CC(=O)Nc1cc(Nc2ncc3cc(Oc4ccc(F)cc4F)c(=O)n(C)c3n2)c(C)cc1CCCN(C)C. The van der Waals surface area contributed by atoms with Crippen LogP contribution in [0, 0.1) is 18.6 Å². The van der Waals surface area contributed by atoms with Crippen molar-refractivity contribution in [1.82, 2.24) is 19.4 Å². The van der Waals surface area contributed by atoms with Crippen molar-refractivity contribution < 1.29 is 18.3 Å². The van der Waals surface area contributed by atoms with E-state index in [1.54, 1.807) is 0 Å². The lowest BCUT2D eigenvalue weighted by atomic mass is 10.0. The lowest BCUT2D eigenvalue weighted by Crippen LogP contribution is -2.19. The van der Waals surface area contributed by atoms with Gasteiger partial charge in [-0.2, -0.15) is 4.98 Å². The molecule has 1 amide bonds. The molecule has 2 N–H and O–H groups in total. The van der Waals surface area contributed by atoms with Crippen LogP contribution in [-0.2, 0) is 18.3 Å². The highest BCUT2D eigenvalue weighted by Gasteiger charge is 2.15. The van der Waals surface area contributed by atoms with Crippen molar-refractivity contribution in [3.05, 3.63) is 88.4 Å². The maximum Gasteiger partial charge on any atom is 0.294 e. The molecule has 4 rings (SSSR count). The average molecular weight is 549 g/mol. The molecule has 0 aliphatic heterocycles. The van der Waals surface area contributed by atoms with Crippen molar-refractivity contribution >= 4 is 34.3 Å². The fourth-order valence-electron chi connectivity index (χ4n) is 4.14. The summed E-state index contributed by atoms with van der Waals surface area (Å²) >= 11 is 0. The second-order valence-corrected chi connectivity index (χ2v) is 9.57. The number of aromatic nitrogens is 3. The Labute approximate surface area is 230 Å². The number of halogens is 2. The van der Waals surface area contributed by atoms with Gasteiger partial charge in [-0.15, -0.1) is 0 Å². The number of rotatable bonds is 10. The Morgan fingerprint density at radius 3 is 2.62 bits per heavy atom. The van der Waals surface area contributed by atoms with Gasteiger partial charge in [-0.25, -0.2) is 13.8 Å². The number of carbonyl (C=O) groups excluding carboxylic acids is 1. The number of anilines is 3. The van der Waals surface area contributed by atoms with Crippen molar-refractivity contribution in [3.8, 4) is 11.5 Å². The highest BCUT2D eigenvalue weighted by atomic mass is 19.1. The smallest absolute Gasteiger partial charge is 0.294 e. The van der Waals surface area contributed by atoms with Gasteiger partial charge in [-0.05, 0) is 81.9 Å². The highest BCUT2D eigenvalue weighted by molar-refractivity contribution is 6.00. The van der Waals surface area contributed by atoms with E-state index in [4.69, 9.17) is 4.74 Å². The van der Waals surface area contributed by atoms with Crippen molar-refractivity contribution in [2.75, 3.05) is 31.3 Å². The Hall–Kier alpha value is -4.64. The molecular weight excluding hydrogens is 518 g/mol. The van der Waals surface area contributed by atoms with Crippen LogP contribution < -0.4 is 20.9 Å². The largest absolute Gasteiger partial charge is 0.448 e. The number of hydrogen-bond donors (Lipinski definition) is 2. The number of fused-ring (bicyclic) bond motifs is 1. The van der Waals surface area contributed by atoms with Crippen molar-refractivity contribution in [2.45, 2.75) is 19.8 Å². The highest BCUT2D eigenvalue weighted by Crippen LogP contribution is 2.29. The fourth-order valence-corrected chi connectivity index (χ4v) is 4.14. The van der Waals surface area contributed by atoms with Crippen LogP contribution in [0.4, 0.5) is 26.1 Å². The van der Waals surface area contributed by atoms with Crippen LogP contribution in [0.15, 0.2) is 60.0 Å². The molecule has 0 unspecified atom stereocenters. The minimum absolute atomic E-state index is 0.159. The Morgan fingerprint density at radius 2 is 1.93 bits per heavy atom. The van der Waals surface area contributed by atoms with E-state index in [1.807, 2.05) is 33.2 Å². The summed E-state index contributed by atoms with van der Waals surface area (Å²) in [5.41, 5.74) is 2.99. The molecule has 0 saturated carbocycles. The first-order chi connectivity index (χ1) is 19.0. The van der Waals surface area contributed by atoms with E-state index < -0.39 is 17.2 Å². The monoisotopic (exact) mass is 548 g/mol. The topological polar surface area (TPSA) is 101 Å². The summed E-state index contributed by atoms with van der Waals surface area (Å²) in [6.07, 6.45) is 4.40. The summed E-state index contributed by atoms with van der Waals surface area (Å²) < 4.78 is 34.0. The zero-order valence-electron chi connectivity index (χ0n) is 22.7. The molecule has 0 spiro atoms. The Morgan fingerprint density at radius 1 is 1.15 bits per heavy atom. The molecule has 9 nitrogen and oxygen atoms in total. The summed E-state index contributed by atoms with van der Waals surface area (Å²) in [5.74, 6) is -2.22. The standard InChI is InChI=1S/C29H30F2N6O3/c1-6-26(38)33-23-15-22(17(2)12-18(23)8-7-11-36(3)4)34-29-32-16-19-13-25(28(39)37(5)27(19)35-29)40-24-10-9-20(30)14-21(24)31/h6,9-10,12-16H,1,7-8,11H2,2-5H3,(H,33,38)(H,32,34,35). The van der Waals surface area contributed by atoms with Crippen LogP contribution >= 0.6 is 0 Å². The number of ether oxygens (including phenoxy) is 1. The third kappa shape index (κ3) is 6.49. The van der Waals surface area contributed by atoms with Crippen LogP contribution in [0.3, 0.4) is 0 Å². The average Bonchev–Trinajstić information content (AvgIpc) is 2.91. The van der Waals surface area contributed by atoms with Gasteiger partial charge in [0.05, 0.1) is 0 Å². The molecule has 0 radical (unpaired) electrons. The maximum absolute atomic E-state index is 14.1. The Kier molecular flexibility index (Phi) is 8.54. The lowest BCUT2D eigenvalue weighted by Gasteiger charge is -2.17. The number of carbonyl (C=O) groups is 1. The number of nitrogens with zero attached hydrogens (tertiary/aromatic N) is 4. The first kappa shape index (κ1) is 28.4. The Bertz CT molecular complexity index is 1650. The molecular formula is C29H30F2N6O3. The predicted octanol–water partition coefficient (Wildman–Crippen LogP) is 5.07. The molecule has 0 saturated heterocycles. The third-order valence-electron chi connectivity index (χ3n) is 6.22. The molecule has 0 fully saturated rings. The van der Waals surface area contributed by atoms with Gasteiger partial charge in [-0.1, -0.05) is 12.6 Å². The second kappa shape index (κ2) is 12.0. The van der Waals surface area contributed by atoms with E-state index in [0.29, 0.717) is 28.5 Å². The van der Waals surface area contributed by atoms with Crippen LogP contribution in [-0.4, -0.2) is 46.0 Å². The molecule has 2 aromatic heterocycles. The zero-order chi connectivity index (χ0) is 29.0. The molecule has 0 bridgehead atoms. The summed E-state index contributed by atoms with van der Waals surface area (Å²) in [6.45, 7) is 6.38. The summed E-state index contributed by atoms with van der Waals surface area (Å²) in [4.78, 5) is 36.0. The van der Waals surface area contributed by atoms with Gasteiger partial charge in [0, 0.05) is 36.1 Å². The minimum atomic E-state index is -0.930. The van der Waals surface area contributed by atoms with Crippen LogP contribution in [0.5, 0.6) is 11.5 Å². The number of hydrogen-bond acceptors (Lipinski definition) is 7. The van der Waals surface area contributed by atoms with Crippen LogP contribution in [0.1, 0.15) is 17.5 Å². The van der Waals surface area contributed by atoms with Gasteiger partial charge in [0.1, 0.15) is 11.5 Å². The molecule has 0 atom stereocenters. The summed E-state index contributed by atoms with van der Waals surface area (Å²) in [5, 5.41) is 6.51. The van der Waals surface area contributed by atoms with Gasteiger partial charge < -0.3 is 20.3 Å². The Balaban J connectivity index is 1.64. The van der Waals surface area contributed by atoms with Crippen LogP contribution in [0.25, 0.3) is 11.0 Å². The van der Waals surface area contributed by atoms with Gasteiger partial charge in [0.2, 0.25) is 11.9 Å². The van der Waals surface area contributed by atoms with E-state index in [-0.39, 0.29) is 23.4 Å². The van der Waals surface area contributed by atoms with Gasteiger partial charge in [0.15, 0.2) is 17.3 Å². The maximum atomic E-state index is 14.1. The second-order valence-electron chi connectivity index (χ2n) is 9.57. The quantitative estimate of drug-likeness (QED) is 0.267. The fraction of sp³-hybridized carbons (Fsp3) is 0.241. The molecule has 2 aromatic carbocycles. The van der Waals surface area contributed by atoms with Crippen molar-refractivity contribution in [1.29, 1.82) is 0 Å². The summed E-state index contributed by atoms with van der Waals surface area (Å²) in [7, 11) is 5.53. The predicted molar refractivity (Wildman–Crippen MR) is 151 cm³/mol. The first-order valence-corrected chi connectivity index (χ1v) is 12.5. The molecule has 11 heteroatoms. The van der Waals surface area contributed by atoms with Crippen molar-refractivity contribution in [2.24, 2.45) is 7.05 Å².